The molecule has 0 fully saturated rings. The van der Waals surface area contributed by atoms with E-state index in [0.29, 0.717) is 5.25 Å². The Morgan fingerprint density at radius 2 is 2.09 bits per heavy atom. The molecule has 0 radical (unpaired) electrons. The van der Waals surface area contributed by atoms with Crippen LogP contribution in [0.5, 0.6) is 0 Å². The van der Waals surface area contributed by atoms with Crippen molar-refractivity contribution in [2.75, 3.05) is 19.6 Å². The second kappa shape index (κ2) is 9.94. The molecule has 0 spiro atoms. The van der Waals surface area contributed by atoms with Crippen LogP contribution >= 0.6 is 11.8 Å². The van der Waals surface area contributed by atoms with Crippen LogP contribution in [0.4, 0.5) is 0 Å². The van der Waals surface area contributed by atoms with Crippen molar-refractivity contribution in [1.82, 2.24) is 20.4 Å². The maximum atomic E-state index is 4.67. The van der Waals surface area contributed by atoms with E-state index in [1.54, 1.807) is 6.20 Å². The first kappa shape index (κ1) is 17.4. The lowest BCUT2D eigenvalue weighted by Crippen LogP contribution is -2.39. The summed E-state index contributed by atoms with van der Waals surface area (Å²) in [4.78, 5) is 5.96. The van der Waals surface area contributed by atoms with E-state index in [1.165, 1.54) is 4.90 Å². The molecule has 0 saturated carbocycles. The molecule has 1 unspecified atom stereocenters. The van der Waals surface area contributed by atoms with Crippen LogP contribution in [0.3, 0.4) is 0 Å². The third kappa shape index (κ3) is 6.78. The molecule has 0 bridgehead atoms. The summed E-state index contributed by atoms with van der Waals surface area (Å²) in [5.41, 5.74) is 0. The molecule has 1 aromatic carbocycles. The first-order chi connectivity index (χ1) is 11.3. The minimum atomic E-state index is 0.430. The van der Waals surface area contributed by atoms with E-state index in [2.05, 4.69) is 58.8 Å². The Balaban J connectivity index is 1.77. The molecular weight excluding hydrogens is 306 g/mol. The maximum Gasteiger partial charge on any atom is 0.191 e. The molecule has 2 aromatic rings. The Morgan fingerprint density at radius 1 is 1.26 bits per heavy atom. The number of hydrogen-bond donors (Lipinski definition) is 2. The second-order valence-corrected chi connectivity index (χ2v) is 6.67. The Morgan fingerprint density at radius 3 is 2.78 bits per heavy atom. The fourth-order valence-electron chi connectivity index (χ4n) is 2.05. The first-order valence-electron chi connectivity index (χ1n) is 7.99. The predicted molar refractivity (Wildman–Crippen MR) is 98.0 cm³/mol. The van der Waals surface area contributed by atoms with Crippen molar-refractivity contribution in [1.29, 1.82) is 0 Å². The fourth-order valence-corrected chi connectivity index (χ4v) is 2.98. The highest BCUT2D eigenvalue weighted by Gasteiger charge is 2.04. The Hall–Kier alpha value is -1.95. The van der Waals surface area contributed by atoms with E-state index < -0.39 is 0 Å². The van der Waals surface area contributed by atoms with Gasteiger partial charge in [-0.05, 0) is 25.1 Å². The standard InChI is InChI=1S/C17H25N5S/c1-3-18-17(19-11-13-22-12-7-10-21-22)20-14-15(2)23-16-8-5-4-6-9-16/h4-10,12,15H,3,11,13-14H2,1-2H3,(H2,18,19,20). The molecule has 124 valence electrons. The molecule has 1 aromatic heterocycles. The highest BCUT2D eigenvalue weighted by Crippen LogP contribution is 2.22. The summed E-state index contributed by atoms with van der Waals surface area (Å²) >= 11 is 1.85. The van der Waals surface area contributed by atoms with Gasteiger partial charge in [0.15, 0.2) is 5.96 Å². The molecule has 0 aliphatic heterocycles. The summed E-state index contributed by atoms with van der Waals surface area (Å²) in [5.74, 6) is 0.861. The average Bonchev–Trinajstić information content (AvgIpc) is 3.07. The van der Waals surface area contributed by atoms with Crippen molar-refractivity contribution in [3.8, 4) is 0 Å². The van der Waals surface area contributed by atoms with Gasteiger partial charge < -0.3 is 10.6 Å². The Bertz CT molecular complexity index is 568. The van der Waals surface area contributed by atoms with E-state index >= 15 is 0 Å². The molecule has 5 nitrogen and oxygen atoms in total. The summed E-state index contributed by atoms with van der Waals surface area (Å²) < 4.78 is 1.91. The highest BCUT2D eigenvalue weighted by molar-refractivity contribution is 8.00. The van der Waals surface area contributed by atoms with Crippen molar-refractivity contribution in [3.63, 3.8) is 0 Å². The van der Waals surface area contributed by atoms with E-state index in [1.807, 2.05) is 34.8 Å². The van der Waals surface area contributed by atoms with E-state index in [0.717, 1.165) is 32.1 Å². The Kier molecular flexibility index (Phi) is 7.52. The predicted octanol–water partition coefficient (Wildman–Crippen LogP) is 2.62. The van der Waals surface area contributed by atoms with Crippen molar-refractivity contribution >= 4 is 17.7 Å². The molecule has 1 heterocycles. The van der Waals surface area contributed by atoms with Gasteiger partial charge in [0.25, 0.3) is 0 Å². The van der Waals surface area contributed by atoms with E-state index in [-0.39, 0.29) is 0 Å². The SMILES string of the molecule is CCNC(=NCC(C)Sc1ccccc1)NCCn1cccn1. The van der Waals surface area contributed by atoms with Gasteiger partial charge in [-0.2, -0.15) is 5.10 Å². The van der Waals surface area contributed by atoms with Gasteiger partial charge in [0, 0.05) is 35.6 Å². The van der Waals surface area contributed by atoms with Crippen LogP contribution in [0, 0.1) is 0 Å². The van der Waals surface area contributed by atoms with Crippen molar-refractivity contribution in [2.45, 2.75) is 30.5 Å². The number of thioether (sulfide) groups is 1. The molecule has 2 rings (SSSR count). The molecule has 0 aliphatic carbocycles. The van der Waals surface area contributed by atoms with Crippen LogP contribution < -0.4 is 10.6 Å². The fraction of sp³-hybridized carbons (Fsp3) is 0.412. The lowest BCUT2D eigenvalue weighted by Gasteiger charge is -2.13. The quantitative estimate of drug-likeness (QED) is 0.443. The first-order valence-corrected chi connectivity index (χ1v) is 8.87. The number of nitrogens with zero attached hydrogens (tertiary/aromatic N) is 3. The van der Waals surface area contributed by atoms with Crippen LogP contribution in [0.1, 0.15) is 13.8 Å². The minimum Gasteiger partial charge on any atom is -0.357 e. The third-order valence-electron chi connectivity index (χ3n) is 3.12. The second-order valence-electron chi connectivity index (χ2n) is 5.16. The number of aromatic nitrogens is 2. The van der Waals surface area contributed by atoms with Gasteiger partial charge in [-0.15, -0.1) is 11.8 Å². The van der Waals surface area contributed by atoms with E-state index in [4.69, 9.17) is 0 Å². The Labute approximate surface area is 142 Å². The molecular formula is C17H25N5S. The normalized spacial score (nSPS) is 12.9. The number of nitrogens with one attached hydrogen (secondary N) is 2. The molecule has 6 heteroatoms. The molecule has 0 amide bonds. The summed E-state index contributed by atoms with van der Waals surface area (Å²) in [6.07, 6.45) is 3.76. The van der Waals surface area contributed by atoms with Gasteiger partial charge in [0.05, 0.1) is 13.1 Å². The number of guanidine groups is 1. The summed E-state index contributed by atoms with van der Waals surface area (Å²) in [6.45, 7) is 7.53. The van der Waals surface area contributed by atoms with Crippen LogP contribution in [0.25, 0.3) is 0 Å². The molecule has 1 atom stereocenters. The van der Waals surface area contributed by atoms with Gasteiger partial charge in [0.2, 0.25) is 0 Å². The lowest BCUT2D eigenvalue weighted by atomic mass is 10.4. The third-order valence-corrected chi connectivity index (χ3v) is 4.22. The van der Waals surface area contributed by atoms with Crippen LogP contribution in [0.15, 0.2) is 58.7 Å². The zero-order chi connectivity index (χ0) is 16.3. The zero-order valence-corrected chi connectivity index (χ0v) is 14.6. The number of hydrogen-bond acceptors (Lipinski definition) is 3. The summed E-state index contributed by atoms with van der Waals surface area (Å²) in [5, 5.41) is 11.3. The topological polar surface area (TPSA) is 54.2 Å². The van der Waals surface area contributed by atoms with Gasteiger partial charge >= 0.3 is 0 Å². The molecule has 2 N–H and O–H groups in total. The molecule has 23 heavy (non-hydrogen) atoms. The van der Waals surface area contributed by atoms with Gasteiger partial charge in [-0.1, -0.05) is 25.1 Å². The van der Waals surface area contributed by atoms with Gasteiger partial charge in [-0.3, -0.25) is 9.67 Å². The van der Waals surface area contributed by atoms with Crippen LogP contribution in [0.2, 0.25) is 0 Å². The lowest BCUT2D eigenvalue weighted by molar-refractivity contribution is 0.598. The maximum absolute atomic E-state index is 4.67. The number of benzene rings is 1. The van der Waals surface area contributed by atoms with Gasteiger partial charge in [-0.25, -0.2) is 0 Å². The monoisotopic (exact) mass is 331 g/mol. The van der Waals surface area contributed by atoms with Crippen molar-refractivity contribution in [2.24, 2.45) is 4.99 Å². The van der Waals surface area contributed by atoms with Crippen molar-refractivity contribution in [3.05, 3.63) is 48.8 Å². The minimum absolute atomic E-state index is 0.430. The number of aliphatic imine (C=N–C) groups is 1. The molecule has 0 saturated heterocycles. The molecule has 0 aliphatic rings. The van der Waals surface area contributed by atoms with Gasteiger partial charge in [0.1, 0.15) is 0 Å². The summed E-state index contributed by atoms with van der Waals surface area (Å²) in [6, 6.07) is 12.4. The van der Waals surface area contributed by atoms with Crippen LogP contribution in [-0.4, -0.2) is 40.6 Å². The summed E-state index contributed by atoms with van der Waals surface area (Å²) in [7, 11) is 0. The number of rotatable bonds is 8. The smallest absolute Gasteiger partial charge is 0.191 e. The highest BCUT2D eigenvalue weighted by atomic mass is 32.2. The van der Waals surface area contributed by atoms with Crippen molar-refractivity contribution < 1.29 is 0 Å². The van der Waals surface area contributed by atoms with Crippen LogP contribution in [-0.2, 0) is 6.54 Å². The zero-order valence-electron chi connectivity index (χ0n) is 13.8. The van der Waals surface area contributed by atoms with E-state index in [9.17, 15) is 0 Å². The largest absolute Gasteiger partial charge is 0.357 e. The average molecular weight is 331 g/mol.